The monoisotopic (exact) mass is 336 g/mol. The second-order valence-corrected chi connectivity index (χ2v) is 6.27. The molecule has 0 saturated heterocycles. The van der Waals surface area contributed by atoms with Crippen molar-refractivity contribution in [2.45, 2.75) is 27.7 Å². The maximum atomic E-state index is 12.3. The van der Waals surface area contributed by atoms with Crippen molar-refractivity contribution in [1.82, 2.24) is 5.43 Å². The molecule has 1 aromatic heterocycles. The van der Waals surface area contributed by atoms with E-state index in [0.717, 1.165) is 22.3 Å². The Labute approximate surface area is 146 Å². The molecule has 0 radical (unpaired) electrons. The molecule has 0 aliphatic rings. The van der Waals surface area contributed by atoms with E-state index in [4.69, 9.17) is 4.42 Å². The Bertz CT molecular complexity index is 977. The molecule has 0 aliphatic carbocycles. The summed E-state index contributed by atoms with van der Waals surface area (Å²) in [7, 11) is 0. The summed E-state index contributed by atoms with van der Waals surface area (Å²) in [5.41, 5.74) is 8.29. The second kappa shape index (κ2) is 6.43. The first kappa shape index (κ1) is 16.8. The lowest BCUT2D eigenvalue weighted by atomic mass is 10.0. The minimum Gasteiger partial charge on any atom is -0.506 e. The first-order valence-corrected chi connectivity index (χ1v) is 7.99. The van der Waals surface area contributed by atoms with E-state index in [9.17, 15) is 9.90 Å². The summed E-state index contributed by atoms with van der Waals surface area (Å²) in [4.78, 5) is 12.3. The Morgan fingerprint density at radius 2 is 1.80 bits per heavy atom. The summed E-state index contributed by atoms with van der Waals surface area (Å²) >= 11 is 0. The van der Waals surface area contributed by atoms with E-state index in [-0.39, 0.29) is 11.3 Å². The third-order valence-corrected chi connectivity index (χ3v) is 4.24. The normalized spacial score (nSPS) is 11.4. The van der Waals surface area contributed by atoms with Gasteiger partial charge in [-0.25, -0.2) is 5.43 Å². The standard InChI is InChI=1S/C20H20N2O3/c1-11-7-12(2)16(13(3)8-11)9-21-22-20(24)15-5-6-17-18(19(15)23)14(4)10-25-17/h5-10,23H,1-4H3,(H,22,24). The number of phenolic OH excluding ortho intramolecular Hbond substituents is 1. The van der Waals surface area contributed by atoms with Gasteiger partial charge in [-0.2, -0.15) is 5.10 Å². The Morgan fingerprint density at radius 3 is 2.48 bits per heavy atom. The van der Waals surface area contributed by atoms with Crippen LogP contribution in [-0.2, 0) is 0 Å². The number of amides is 1. The summed E-state index contributed by atoms with van der Waals surface area (Å²) in [6.45, 7) is 7.86. The van der Waals surface area contributed by atoms with E-state index in [1.807, 2.05) is 27.7 Å². The van der Waals surface area contributed by atoms with Gasteiger partial charge in [-0.15, -0.1) is 0 Å². The molecule has 0 atom stereocenters. The van der Waals surface area contributed by atoms with E-state index in [2.05, 4.69) is 22.7 Å². The number of hydrazone groups is 1. The fraction of sp³-hybridized carbons (Fsp3) is 0.200. The Hall–Kier alpha value is -3.08. The van der Waals surface area contributed by atoms with E-state index in [1.165, 1.54) is 11.6 Å². The number of rotatable bonds is 3. The average Bonchev–Trinajstić information content (AvgIpc) is 2.92. The zero-order valence-corrected chi connectivity index (χ0v) is 14.7. The molecule has 0 unspecified atom stereocenters. The number of carbonyl (C=O) groups is 1. The summed E-state index contributed by atoms with van der Waals surface area (Å²) in [6, 6.07) is 7.32. The SMILES string of the molecule is Cc1cc(C)c(C=NNC(=O)c2ccc3occ(C)c3c2O)c(C)c1. The number of nitrogens with one attached hydrogen (secondary N) is 1. The first-order valence-electron chi connectivity index (χ1n) is 7.99. The molecule has 1 amide bonds. The van der Waals surface area contributed by atoms with Crippen LogP contribution in [0.4, 0.5) is 0 Å². The van der Waals surface area contributed by atoms with Gasteiger partial charge >= 0.3 is 0 Å². The van der Waals surface area contributed by atoms with E-state index < -0.39 is 5.91 Å². The highest BCUT2D eigenvalue weighted by molar-refractivity contribution is 6.03. The van der Waals surface area contributed by atoms with Gasteiger partial charge in [0.1, 0.15) is 11.3 Å². The Balaban J connectivity index is 1.84. The molecule has 1 heterocycles. The van der Waals surface area contributed by atoms with Crippen molar-refractivity contribution in [3.05, 3.63) is 63.9 Å². The van der Waals surface area contributed by atoms with Crippen LogP contribution in [0.3, 0.4) is 0 Å². The maximum absolute atomic E-state index is 12.3. The number of fused-ring (bicyclic) bond motifs is 1. The van der Waals surface area contributed by atoms with Crippen molar-refractivity contribution in [1.29, 1.82) is 0 Å². The van der Waals surface area contributed by atoms with Crippen LogP contribution in [-0.4, -0.2) is 17.2 Å². The smallest absolute Gasteiger partial charge is 0.275 e. The van der Waals surface area contributed by atoms with Gasteiger partial charge in [0, 0.05) is 5.56 Å². The minimum atomic E-state index is -0.473. The van der Waals surface area contributed by atoms with Gasteiger partial charge in [-0.3, -0.25) is 4.79 Å². The van der Waals surface area contributed by atoms with Gasteiger partial charge < -0.3 is 9.52 Å². The fourth-order valence-electron chi connectivity index (χ4n) is 3.06. The molecule has 128 valence electrons. The Kier molecular flexibility index (Phi) is 4.31. The van der Waals surface area contributed by atoms with Gasteiger partial charge in [0.15, 0.2) is 0 Å². The number of hydrogen-bond donors (Lipinski definition) is 2. The lowest BCUT2D eigenvalue weighted by molar-refractivity contribution is 0.0952. The topological polar surface area (TPSA) is 74.8 Å². The van der Waals surface area contributed by atoms with E-state index in [0.29, 0.717) is 11.0 Å². The van der Waals surface area contributed by atoms with Crippen LogP contribution in [0.15, 0.2) is 40.0 Å². The maximum Gasteiger partial charge on any atom is 0.275 e. The summed E-state index contributed by atoms with van der Waals surface area (Å²) in [5.74, 6) is -0.571. The molecule has 0 aliphatic heterocycles. The van der Waals surface area contributed by atoms with Crippen LogP contribution < -0.4 is 5.43 Å². The molecule has 25 heavy (non-hydrogen) atoms. The molecule has 0 spiro atoms. The average molecular weight is 336 g/mol. The molecule has 5 nitrogen and oxygen atoms in total. The van der Waals surface area contributed by atoms with Crippen LogP contribution in [0, 0.1) is 27.7 Å². The molecule has 0 saturated carbocycles. The number of carbonyl (C=O) groups excluding carboxylic acids is 1. The van der Waals surface area contributed by atoms with Gasteiger partial charge in [0.2, 0.25) is 0 Å². The van der Waals surface area contributed by atoms with E-state index in [1.54, 1.807) is 18.5 Å². The van der Waals surface area contributed by atoms with Crippen LogP contribution in [0.1, 0.15) is 38.2 Å². The molecule has 3 rings (SSSR count). The fourth-order valence-corrected chi connectivity index (χ4v) is 3.06. The van der Waals surface area contributed by atoms with E-state index >= 15 is 0 Å². The number of benzene rings is 2. The number of furan rings is 1. The zero-order valence-electron chi connectivity index (χ0n) is 14.7. The predicted octanol–water partition coefficient (Wildman–Crippen LogP) is 4.14. The summed E-state index contributed by atoms with van der Waals surface area (Å²) < 4.78 is 5.32. The number of phenols is 1. The zero-order chi connectivity index (χ0) is 18.1. The Morgan fingerprint density at radius 1 is 1.12 bits per heavy atom. The highest BCUT2D eigenvalue weighted by Crippen LogP contribution is 2.32. The molecule has 3 aromatic rings. The van der Waals surface area contributed by atoms with Gasteiger partial charge in [0.05, 0.1) is 23.4 Å². The first-order chi connectivity index (χ1) is 11.9. The van der Waals surface area contributed by atoms with Crippen molar-refractivity contribution in [2.75, 3.05) is 0 Å². The molecule has 0 fully saturated rings. The lowest BCUT2D eigenvalue weighted by Gasteiger charge is -2.07. The molecule has 5 heteroatoms. The van der Waals surface area contributed by atoms with Crippen molar-refractivity contribution in [3.8, 4) is 5.75 Å². The highest BCUT2D eigenvalue weighted by atomic mass is 16.3. The molecule has 2 N–H and O–H groups in total. The molecular weight excluding hydrogens is 316 g/mol. The second-order valence-electron chi connectivity index (χ2n) is 6.27. The number of aryl methyl sites for hydroxylation is 4. The van der Waals surface area contributed by atoms with Gasteiger partial charge in [-0.05, 0) is 56.5 Å². The lowest BCUT2D eigenvalue weighted by Crippen LogP contribution is -2.18. The number of aromatic hydroxyl groups is 1. The van der Waals surface area contributed by atoms with Gasteiger partial charge in [-0.1, -0.05) is 17.7 Å². The third kappa shape index (κ3) is 3.13. The minimum absolute atomic E-state index is 0.0980. The van der Waals surface area contributed by atoms with Crippen molar-refractivity contribution >= 4 is 23.1 Å². The molecule has 2 aromatic carbocycles. The van der Waals surface area contributed by atoms with Crippen molar-refractivity contribution < 1.29 is 14.3 Å². The predicted molar refractivity (Wildman–Crippen MR) is 98.3 cm³/mol. The largest absolute Gasteiger partial charge is 0.506 e. The van der Waals surface area contributed by atoms with Crippen LogP contribution >= 0.6 is 0 Å². The molecular formula is C20H20N2O3. The molecule has 0 bridgehead atoms. The highest BCUT2D eigenvalue weighted by Gasteiger charge is 2.16. The third-order valence-electron chi connectivity index (χ3n) is 4.24. The van der Waals surface area contributed by atoms with Crippen molar-refractivity contribution in [2.24, 2.45) is 5.10 Å². The van der Waals surface area contributed by atoms with Crippen LogP contribution in [0.25, 0.3) is 11.0 Å². The number of nitrogens with zero attached hydrogens (tertiary/aromatic N) is 1. The summed E-state index contributed by atoms with van der Waals surface area (Å²) in [6.07, 6.45) is 3.17. The van der Waals surface area contributed by atoms with Crippen molar-refractivity contribution in [3.63, 3.8) is 0 Å². The van der Waals surface area contributed by atoms with Gasteiger partial charge in [0.25, 0.3) is 5.91 Å². The van der Waals surface area contributed by atoms with Crippen LogP contribution in [0.2, 0.25) is 0 Å². The van der Waals surface area contributed by atoms with Crippen LogP contribution in [0.5, 0.6) is 5.75 Å². The quantitative estimate of drug-likeness (QED) is 0.558. The summed E-state index contributed by atoms with van der Waals surface area (Å²) in [5, 5.41) is 14.9. The number of hydrogen-bond acceptors (Lipinski definition) is 4.